The summed E-state index contributed by atoms with van der Waals surface area (Å²) in [6.45, 7) is 13.5. The Balaban J connectivity index is 4.45. The monoisotopic (exact) mass is 284 g/mol. The van der Waals surface area contributed by atoms with Gasteiger partial charge < -0.3 is 4.74 Å². The molecule has 2 heteroatoms. The highest BCUT2D eigenvalue weighted by Crippen LogP contribution is 2.34. The lowest BCUT2D eigenvalue weighted by molar-refractivity contribution is -0.160. The van der Waals surface area contributed by atoms with Crippen LogP contribution in [0, 0.1) is 17.3 Å². The minimum Gasteiger partial charge on any atom is -0.465 e. The van der Waals surface area contributed by atoms with E-state index in [2.05, 4.69) is 41.5 Å². The zero-order valence-electron chi connectivity index (χ0n) is 14.6. The summed E-state index contributed by atoms with van der Waals surface area (Å²) < 4.78 is 5.68. The van der Waals surface area contributed by atoms with Gasteiger partial charge in [0.15, 0.2) is 0 Å². The lowest BCUT2D eigenvalue weighted by Crippen LogP contribution is -2.36. The molecular weight excluding hydrogens is 248 g/mol. The van der Waals surface area contributed by atoms with Crippen molar-refractivity contribution in [1.82, 2.24) is 0 Å². The molecule has 0 rings (SSSR count). The van der Waals surface area contributed by atoms with Gasteiger partial charge in [-0.1, -0.05) is 66.7 Å². The summed E-state index contributed by atoms with van der Waals surface area (Å²) in [6, 6.07) is 0. The molecular formula is C18H36O2. The van der Waals surface area contributed by atoms with Crippen molar-refractivity contribution >= 4 is 5.97 Å². The van der Waals surface area contributed by atoms with Gasteiger partial charge in [-0.2, -0.15) is 0 Å². The van der Waals surface area contributed by atoms with Crippen LogP contribution in [-0.4, -0.2) is 12.6 Å². The molecule has 0 aliphatic carbocycles. The highest BCUT2D eigenvalue weighted by atomic mass is 16.5. The SMILES string of the molecule is CCCCC(CC)COC(=O)C(C)(CCCC)C(C)C. The molecule has 0 aliphatic rings. The minimum absolute atomic E-state index is 0.0101. The number of rotatable bonds is 11. The number of carbonyl (C=O) groups is 1. The molecule has 0 saturated carbocycles. The Labute approximate surface area is 126 Å². The first kappa shape index (κ1) is 19.5. The molecule has 0 amide bonds. The van der Waals surface area contributed by atoms with E-state index in [9.17, 15) is 4.79 Å². The Kier molecular flexibility index (Phi) is 9.96. The van der Waals surface area contributed by atoms with E-state index in [-0.39, 0.29) is 11.4 Å². The predicted molar refractivity (Wildman–Crippen MR) is 86.7 cm³/mol. The molecule has 20 heavy (non-hydrogen) atoms. The largest absolute Gasteiger partial charge is 0.465 e. The fraction of sp³-hybridized carbons (Fsp3) is 0.944. The van der Waals surface area contributed by atoms with E-state index < -0.39 is 0 Å². The summed E-state index contributed by atoms with van der Waals surface area (Å²) in [5.41, 5.74) is -0.320. The van der Waals surface area contributed by atoms with Crippen LogP contribution < -0.4 is 0 Å². The smallest absolute Gasteiger partial charge is 0.312 e. The van der Waals surface area contributed by atoms with Crippen LogP contribution in [0.4, 0.5) is 0 Å². The van der Waals surface area contributed by atoms with Gasteiger partial charge in [-0.15, -0.1) is 0 Å². The Morgan fingerprint density at radius 1 is 1.10 bits per heavy atom. The van der Waals surface area contributed by atoms with Gasteiger partial charge in [-0.25, -0.2) is 0 Å². The lowest BCUT2D eigenvalue weighted by atomic mass is 9.75. The molecule has 0 aromatic heterocycles. The van der Waals surface area contributed by atoms with Gasteiger partial charge in [0.05, 0.1) is 12.0 Å². The van der Waals surface area contributed by atoms with Gasteiger partial charge in [0.25, 0.3) is 0 Å². The molecule has 0 aliphatic heterocycles. The first-order chi connectivity index (χ1) is 9.42. The van der Waals surface area contributed by atoms with Crippen LogP contribution in [-0.2, 0) is 9.53 Å². The third kappa shape index (κ3) is 6.28. The summed E-state index contributed by atoms with van der Waals surface area (Å²) in [6.07, 6.45) is 7.87. The Bertz CT molecular complexity index is 260. The molecule has 120 valence electrons. The molecule has 2 nitrogen and oxygen atoms in total. The second kappa shape index (κ2) is 10.2. The van der Waals surface area contributed by atoms with Crippen LogP contribution in [0.3, 0.4) is 0 Å². The van der Waals surface area contributed by atoms with E-state index in [1.165, 1.54) is 19.3 Å². The Morgan fingerprint density at radius 2 is 1.70 bits per heavy atom. The van der Waals surface area contributed by atoms with Gasteiger partial charge >= 0.3 is 5.97 Å². The van der Waals surface area contributed by atoms with E-state index in [0.29, 0.717) is 18.4 Å². The van der Waals surface area contributed by atoms with Crippen molar-refractivity contribution in [2.45, 2.75) is 86.5 Å². The lowest BCUT2D eigenvalue weighted by Gasteiger charge is -2.32. The van der Waals surface area contributed by atoms with Crippen LogP contribution >= 0.6 is 0 Å². The summed E-state index contributed by atoms with van der Waals surface area (Å²) in [5, 5.41) is 0. The number of ether oxygens (including phenoxy) is 1. The van der Waals surface area contributed by atoms with Crippen molar-refractivity contribution in [3.8, 4) is 0 Å². The molecule has 0 N–H and O–H groups in total. The maximum Gasteiger partial charge on any atom is 0.312 e. The van der Waals surface area contributed by atoms with Crippen molar-refractivity contribution < 1.29 is 9.53 Å². The van der Waals surface area contributed by atoms with E-state index in [1.807, 2.05) is 0 Å². The quantitative estimate of drug-likeness (QED) is 0.462. The molecule has 0 saturated heterocycles. The maximum absolute atomic E-state index is 12.5. The van der Waals surface area contributed by atoms with Crippen molar-refractivity contribution in [1.29, 1.82) is 0 Å². The van der Waals surface area contributed by atoms with Gasteiger partial charge in [0.2, 0.25) is 0 Å². The predicted octanol–water partition coefficient (Wildman–Crippen LogP) is 5.60. The second-order valence-electron chi connectivity index (χ2n) is 6.69. The molecule has 0 aromatic carbocycles. The average molecular weight is 284 g/mol. The Hall–Kier alpha value is -0.530. The van der Waals surface area contributed by atoms with Crippen molar-refractivity contribution in [2.75, 3.05) is 6.61 Å². The number of carbonyl (C=O) groups excluding carboxylic acids is 1. The van der Waals surface area contributed by atoms with E-state index in [1.54, 1.807) is 0 Å². The van der Waals surface area contributed by atoms with Crippen LogP contribution in [0.5, 0.6) is 0 Å². The molecule has 2 atom stereocenters. The van der Waals surface area contributed by atoms with Crippen molar-refractivity contribution in [3.63, 3.8) is 0 Å². The van der Waals surface area contributed by atoms with Gasteiger partial charge in [0.1, 0.15) is 0 Å². The number of hydrogen-bond acceptors (Lipinski definition) is 2. The number of unbranched alkanes of at least 4 members (excludes halogenated alkanes) is 2. The molecule has 0 heterocycles. The number of hydrogen-bond donors (Lipinski definition) is 0. The van der Waals surface area contributed by atoms with Gasteiger partial charge in [0, 0.05) is 0 Å². The van der Waals surface area contributed by atoms with Crippen molar-refractivity contribution in [3.05, 3.63) is 0 Å². The van der Waals surface area contributed by atoms with E-state index in [4.69, 9.17) is 4.74 Å². The summed E-state index contributed by atoms with van der Waals surface area (Å²) >= 11 is 0. The highest BCUT2D eigenvalue weighted by Gasteiger charge is 2.37. The fourth-order valence-corrected chi connectivity index (χ4v) is 2.43. The van der Waals surface area contributed by atoms with Crippen LogP contribution in [0.25, 0.3) is 0 Å². The van der Waals surface area contributed by atoms with Crippen molar-refractivity contribution in [2.24, 2.45) is 17.3 Å². The average Bonchev–Trinajstić information content (AvgIpc) is 2.44. The molecule has 0 fully saturated rings. The first-order valence-corrected chi connectivity index (χ1v) is 8.59. The third-order valence-electron chi connectivity index (χ3n) is 4.78. The third-order valence-corrected chi connectivity index (χ3v) is 4.78. The summed E-state index contributed by atoms with van der Waals surface area (Å²) in [4.78, 5) is 12.5. The molecule has 0 radical (unpaired) electrons. The van der Waals surface area contributed by atoms with E-state index >= 15 is 0 Å². The molecule has 0 bridgehead atoms. The standard InChI is InChI=1S/C18H36O2/c1-7-10-12-16(9-3)14-20-17(19)18(6,15(4)5)13-11-8-2/h15-16H,7-14H2,1-6H3. The minimum atomic E-state index is -0.320. The number of esters is 1. The van der Waals surface area contributed by atoms with E-state index in [0.717, 1.165) is 25.7 Å². The topological polar surface area (TPSA) is 26.3 Å². The molecule has 0 spiro atoms. The molecule has 2 unspecified atom stereocenters. The Morgan fingerprint density at radius 3 is 2.15 bits per heavy atom. The zero-order valence-corrected chi connectivity index (χ0v) is 14.6. The van der Waals surface area contributed by atoms with Crippen LogP contribution in [0.15, 0.2) is 0 Å². The maximum atomic E-state index is 12.5. The summed E-state index contributed by atoms with van der Waals surface area (Å²) in [7, 11) is 0. The zero-order chi connectivity index (χ0) is 15.6. The van der Waals surface area contributed by atoms with Crippen LogP contribution in [0.2, 0.25) is 0 Å². The highest BCUT2D eigenvalue weighted by molar-refractivity contribution is 5.76. The fourth-order valence-electron chi connectivity index (χ4n) is 2.43. The molecule has 0 aromatic rings. The summed E-state index contributed by atoms with van der Waals surface area (Å²) in [5.74, 6) is 0.870. The van der Waals surface area contributed by atoms with Gasteiger partial charge in [-0.3, -0.25) is 4.79 Å². The van der Waals surface area contributed by atoms with Crippen LogP contribution in [0.1, 0.15) is 86.5 Å². The van der Waals surface area contributed by atoms with Gasteiger partial charge in [-0.05, 0) is 31.6 Å². The normalized spacial score (nSPS) is 15.9. The first-order valence-electron chi connectivity index (χ1n) is 8.59. The second-order valence-corrected chi connectivity index (χ2v) is 6.69.